The van der Waals surface area contributed by atoms with Gasteiger partial charge >= 0.3 is 0 Å². The molecule has 2 heterocycles. The van der Waals surface area contributed by atoms with Crippen LogP contribution in [0.4, 0.5) is 0 Å². The van der Waals surface area contributed by atoms with Crippen LogP contribution in [0.25, 0.3) is 0 Å². The number of aryl methyl sites for hydroxylation is 1. The summed E-state index contributed by atoms with van der Waals surface area (Å²) in [5.41, 5.74) is 7.13. The number of aromatic nitrogens is 2. The molecule has 2 rings (SSSR count). The lowest BCUT2D eigenvalue weighted by molar-refractivity contribution is -0.0815. The zero-order valence-corrected chi connectivity index (χ0v) is 12.2. The van der Waals surface area contributed by atoms with Gasteiger partial charge in [-0.15, -0.1) is 0 Å². The Bertz CT molecular complexity index is 391. The molecule has 0 amide bonds. The maximum absolute atomic E-state index is 5.90. The summed E-state index contributed by atoms with van der Waals surface area (Å²) in [6, 6.07) is 2.80. The van der Waals surface area contributed by atoms with Crippen LogP contribution in [-0.4, -0.2) is 46.5 Å². The monoisotopic (exact) mass is 266 g/mol. The van der Waals surface area contributed by atoms with Crippen molar-refractivity contribution in [3.05, 3.63) is 18.0 Å². The van der Waals surface area contributed by atoms with Crippen molar-refractivity contribution in [2.45, 2.75) is 51.9 Å². The van der Waals surface area contributed by atoms with Crippen LogP contribution in [-0.2, 0) is 11.3 Å². The molecule has 5 nitrogen and oxygen atoms in total. The molecule has 1 aromatic heterocycles. The molecule has 1 aromatic rings. The molecule has 1 fully saturated rings. The topological polar surface area (TPSA) is 56.3 Å². The molecule has 2 unspecified atom stereocenters. The Hall–Kier alpha value is -0.910. The third kappa shape index (κ3) is 2.99. The van der Waals surface area contributed by atoms with Crippen molar-refractivity contribution < 1.29 is 4.74 Å². The van der Waals surface area contributed by atoms with Gasteiger partial charge in [-0.1, -0.05) is 6.92 Å². The number of ether oxygens (including phenoxy) is 1. The van der Waals surface area contributed by atoms with E-state index in [-0.39, 0.29) is 12.1 Å². The average molecular weight is 266 g/mol. The predicted molar refractivity (Wildman–Crippen MR) is 75.9 cm³/mol. The highest BCUT2D eigenvalue weighted by Crippen LogP contribution is 2.30. The number of morpholine rings is 1. The van der Waals surface area contributed by atoms with Crippen molar-refractivity contribution in [3.8, 4) is 0 Å². The summed E-state index contributed by atoms with van der Waals surface area (Å²) < 4.78 is 7.96. The van der Waals surface area contributed by atoms with Crippen LogP contribution in [0, 0.1) is 0 Å². The summed E-state index contributed by atoms with van der Waals surface area (Å²) >= 11 is 0. The number of hydrogen-bond donors (Lipinski definition) is 1. The molecule has 2 atom stereocenters. The molecule has 1 saturated heterocycles. The van der Waals surface area contributed by atoms with Gasteiger partial charge in [-0.25, -0.2) is 0 Å². The highest BCUT2D eigenvalue weighted by Gasteiger charge is 2.35. The van der Waals surface area contributed by atoms with Gasteiger partial charge in [-0.2, -0.15) is 5.10 Å². The van der Waals surface area contributed by atoms with E-state index in [9.17, 15) is 0 Å². The number of nitrogens with zero attached hydrogens (tertiary/aromatic N) is 3. The molecular formula is C14H26N4O. The first-order valence-electron chi connectivity index (χ1n) is 7.28. The van der Waals surface area contributed by atoms with Gasteiger partial charge in [0, 0.05) is 31.9 Å². The van der Waals surface area contributed by atoms with Crippen LogP contribution >= 0.6 is 0 Å². The standard InChI is InChI=1S/C14H26N4O/c1-4-7-18-12(5-6-16-18)14-13(10-15)19-9-8-17(14)11(2)3/h5-6,11,13-14H,4,7-10,15H2,1-3H3. The van der Waals surface area contributed by atoms with Gasteiger partial charge in [0.2, 0.25) is 0 Å². The summed E-state index contributed by atoms with van der Waals surface area (Å²) in [6.45, 7) is 9.84. The lowest BCUT2D eigenvalue weighted by Gasteiger charge is -2.43. The van der Waals surface area contributed by atoms with Gasteiger partial charge in [0.05, 0.1) is 24.4 Å². The van der Waals surface area contributed by atoms with Crippen LogP contribution in [0.5, 0.6) is 0 Å². The van der Waals surface area contributed by atoms with Crippen LogP contribution in [0.2, 0.25) is 0 Å². The first-order valence-corrected chi connectivity index (χ1v) is 7.28. The van der Waals surface area contributed by atoms with Gasteiger partial charge in [-0.3, -0.25) is 9.58 Å². The van der Waals surface area contributed by atoms with E-state index in [1.165, 1.54) is 5.69 Å². The van der Waals surface area contributed by atoms with Gasteiger partial charge < -0.3 is 10.5 Å². The van der Waals surface area contributed by atoms with E-state index in [1.54, 1.807) is 0 Å². The second-order valence-corrected chi connectivity index (χ2v) is 5.40. The number of hydrogen-bond acceptors (Lipinski definition) is 4. The predicted octanol–water partition coefficient (Wildman–Crippen LogP) is 1.40. The molecule has 19 heavy (non-hydrogen) atoms. The summed E-state index contributed by atoms with van der Waals surface area (Å²) in [6.07, 6.45) is 3.02. The molecule has 2 N–H and O–H groups in total. The van der Waals surface area contributed by atoms with E-state index in [0.717, 1.165) is 26.1 Å². The highest BCUT2D eigenvalue weighted by molar-refractivity contribution is 5.11. The second kappa shape index (κ2) is 6.50. The Kier molecular flexibility index (Phi) is 4.96. The normalized spacial score (nSPS) is 25.1. The van der Waals surface area contributed by atoms with Crippen LogP contribution in [0.1, 0.15) is 38.9 Å². The molecule has 0 saturated carbocycles. The zero-order valence-electron chi connectivity index (χ0n) is 12.2. The smallest absolute Gasteiger partial charge is 0.0909 e. The molecule has 5 heteroatoms. The number of rotatable bonds is 5. The average Bonchev–Trinajstić information content (AvgIpc) is 2.86. The summed E-state index contributed by atoms with van der Waals surface area (Å²) in [5.74, 6) is 0. The first kappa shape index (κ1) is 14.5. The molecule has 0 aromatic carbocycles. The SMILES string of the molecule is CCCn1nccc1C1C(CN)OCCN1C(C)C. The Morgan fingerprint density at radius 2 is 2.32 bits per heavy atom. The third-order valence-electron chi connectivity index (χ3n) is 3.77. The molecule has 108 valence electrons. The summed E-state index contributed by atoms with van der Waals surface area (Å²) in [5, 5.41) is 4.44. The van der Waals surface area contributed by atoms with E-state index >= 15 is 0 Å². The molecule has 0 aliphatic carbocycles. The molecule has 0 spiro atoms. The third-order valence-corrected chi connectivity index (χ3v) is 3.77. The largest absolute Gasteiger partial charge is 0.374 e. The summed E-state index contributed by atoms with van der Waals surface area (Å²) in [4.78, 5) is 2.48. The fraction of sp³-hybridized carbons (Fsp3) is 0.786. The van der Waals surface area contributed by atoms with Crippen LogP contribution < -0.4 is 5.73 Å². The van der Waals surface area contributed by atoms with E-state index in [2.05, 4.69) is 41.5 Å². The lowest BCUT2D eigenvalue weighted by Crippen LogP contribution is -2.51. The van der Waals surface area contributed by atoms with E-state index in [4.69, 9.17) is 10.5 Å². The Balaban J connectivity index is 2.31. The Morgan fingerprint density at radius 1 is 1.53 bits per heavy atom. The Morgan fingerprint density at radius 3 is 2.95 bits per heavy atom. The maximum atomic E-state index is 5.90. The van der Waals surface area contributed by atoms with Crippen molar-refractivity contribution in [2.24, 2.45) is 5.73 Å². The van der Waals surface area contributed by atoms with Gasteiger partial charge in [0.15, 0.2) is 0 Å². The van der Waals surface area contributed by atoms with Gasteiger partial charge in [0.25, 0.3) is 0 Å². The molecule has 1 aliphatic heterocycles. The van der Waals surface area contributed by atoms with Crippen molar-refractivity contribution in [3.63, 3.8) is 0 Å². The van der Waals surface area contributed by atoms with Gasteiger partial charge in [-0.05, 0) is 26.3 Å². The van der Waals surface area contributed by atoms with E-state index < -0.39 is 0 Å². The first-order chi connectivity index (χ1) is 9.19. The molecule has 1 aliphatic rings. The minimum atomic E-state index is 0.0588. The minimum Gasteiger partial charge on any atom is -0.374 e. The fourth-order valence-electron chi connectivity index (χ4n) is 2.88. The van der Waals surface area contributed by atoms with Gasteiger partial charge in [0.1, 0.15) is 0 Å². The zero-order chi connectivity index (χ0) is 13.8. The van der Waals surface area contributed by atoms with Crippen LogP contribution in [0.15, 0.2) is 12.3 Å². The van der Waals surface area contributed by atoms with E-state index in [1.807, 2.05) is 6.20 Å². The van der Waals surface area contributed by atoms with Crippen molar-refractivity contribution in [1.29, 1.82) is 0 Å². The molecule has 0 radical (unpaired) electrons. The van der Waals surface area contributed by atoms with Crippen molar-refractivity contribution in [2.75, 3.05) is 19.7 Å². The van der Waals surface area contributed by atoms with E-state index in [0.29, 0.717) is 12.6 Å². The molecule has 0 bridgehead atoms. The van der Waals surface area contributed by atoms with Crippen LogP contribution in [0.3, 0.4) is 0 Å². The van der Waals surface area contributed by atoms with Crippen molar-refractivity contribution in [1.82, 2.24) is 14.7 Å². The second-order valence-electron chi connectivity index (χ2n) is 5.40. The highest BCUT2D eigenvalue weighted by atomic mass is 16.5. The quantitative estimate of drug-likeness (QED) is 0.875. The fourth-order valence-corrected chi connectivity index (χ4v) is 2.88. The van der Waals surface area contributed by atoms with Crippen molar-refractivity contribution >= 4 is 0 Å². The lowest BCUT2D eigenvalue weighted by atomic mass is 10.0. The summed E-state index contributed by atoms with van der Waals surface area (Å²) in [7, 11) is 0. The minimum absolute atomic E-state index is 0.0588. The maximum Gasteiger partial charge on any atom is 0.0909 e. The Labute approximate surface area is 115 Å². The molecular weight excluding hydrogens is 240 g/mol. The number of nitrogens with two attached hydrogens (primary N) is 1.